The lowest BCUT2D eigenvalue weighted by atomic mass is 9.98. The highest BCUT2D eigenvalue weighted by Gasteiger charge is 2.29. The minimum Gasteiger partial charge on any atom is -0.370 e. The van der Waals surface area contributed by atoms with E-state index in [1.54, 1.807) is 6.08 Å². The third kappa shape index (κ3) is 2.70. The van der Waals surface area contributed by atoms with Crippen LogP contribution in [0.4, 0.5) is 4.39 Å². The van der Waals surface area contributed by atoms with E-state index >= 15 is 0 Å². The number of allylic oxidation sites excluding steroid dienone is 2. The van der Waals surface area contributed by atoms with Crippen LogP contribution in [0, 0.1) is 5.82 Å². The van der Waals surface area contributed by atoms with Gasteiger partial charge in [0.2, 0.25) is 0 Å². The maximum absolute atomic E-state index is 13.6. The Kier molecular flexibility index (Phi) is 4.08. The van der Waals surface area contributed by atoms with Gasteiger partial charge in [0.1, 0.15) is 11.9 Å². The van der Waals surface area contributed by atoms with Crippen molar-refractivity contribution in [1.29, 1.82) is 0 Å². The highest BCUT2D eigenvalue weighted by atomic mass is 35.5. The normalized spacial score (nSPS) is 21.8. The van der Waals surface area contributed by atoms with Gasteiger partial charge in [-0.25, -0.2) is 4.39 Å². The summed E-state index contributed by atoms with van der Waals surface area (Å²) in [5.41, 5.74) is 8.55. The molecule has 0 radical (unpaired) electrons. The predicted octanol–water partition coefficient (Wildman–Crippen LogP) is 3.60. The van der Waals surface area contributed by atoms with E-state index in [2.05, 4.69) is 10.3 Å². The van der Waals surface area contributed by atoms with Crippen LogP contribution in [0.15, 0.2) is 52.1 Å². The van der Waals surface area contributed by atoms with E-state index in [4.69, 9.17) is 28.9 Å². The number of nitrogens with two attached hydrogens (primary N) is 1. The van der Waals surface area contributed by atoms with Crippen LogP contribution < -0.4 is 11.1 Å². The summed E-state index contributed by atoms with van der Waals surface area (Å²) >= 11 is 12.5. The quantitative estimate of drug-likeness (QED) is 0.866. The van der Waals surface area contributed by atoms with Crippen LogP contribution in [0.1, 0.15) is 12.5 Å². The molecule has 0 fully saturated rings. The number of halogens is 3. The van der Waals surface area contributed by atoms with Gasteiger partial charge < -0.3 is 11.1 Å². The molecule has 1 aromatic rings. The zero-order valence-electron chi connectivity index (χ0n) is 11.8. The molecular weight excluding hydrogens is 324 g/mol. The standard InChI is InChI=1S/C16H14Cl2FN3/c1-8(20)14-15(10-7-9(19)5-6-11(10)17)22-16-12(18)3-2-4-13(16)21-14/h2-8,16,22H,20H2,1H3. The van der Waals surface area contributed by atoms with Crippen LogP contribution in [-0.2, 0) is 0 Å². The molecule has 2 atom stereocenters. The van der Waals surface area contributed by atoms with Gasteiger partial charge in [-0.2, -0.15) is 0 Å². The number of hydrogen-bond acceptors (Lipinski definition) is 3. The van der Waals surface area contributed by atoms with Crippen molar-refractivity contribution < 1.29 is 4.39 Å². The summed E-state index contributed by atoms with van der Waals surface area (Å²) in [5, 5.41) is 4.32. The molecule has 2 aliphatic rings. The van der Waals surface area contributed by atoms with Crippen molar-refractivity contribution in [2.24, 2.45) is 10.7 Å². The zero-order chi connectivity index (χ0) is 15.9. The zero-order valence-corrected chi connectivity index (χ0v) is 13.3. The third-order valence-electron chi connectivity index (χ3n) is 3.52. The molecule has 1 aromatic carbocycles. The Bertz CT molecular complexity index is 748. The Morgan fingerprint density at radius 3 is 2.86 bits per heavy atom. The first-order chi connectivity index (χ1) is 10.5. The van der Waals surface area contributed by atoms with Gasteiger partial charge in [-0.3, -0.25) is 4.99 Å². The molecule has 3 nitrogen and oxygen atoms in total. The van der Waals surface area contributed by atoms with Gasteiger partial charge in [0.05, 0.1) is 22.1 Å². The summed E-state index contributed by atoms with van der Waals surface area (Å²) < 4.78 is 13.6. The summed E-state index contributed by atoms with van der Waals surface area (Å²) in [6.45, 7) is 1.82. The molecule has 114 valence electrons. The van der Waals surface area contributed by atoms with Crippen molar-refractivity contribution >= 4 is 34.6 Å². The molecule has 1 aliphatic heterocycles. The summed E-state index contributed by atoms with van der Waals surface area (Å²) in [5.74, 6) is -0.377. The minimum absolute atomic E-state index is 0.275. The maximum atomic E-state index is 13.6. The topological polar surface area (TPSA) is 50.4 Å². The summed E-state index contributed by atoms with van der Waals surface area (Å²) in [6.07, 6.45) is 5.49. The van der Waals surface area contributed by atoms with Crippen molar-refractivity contribution in [2.45, 2.75) is 19.0 Å². The molecule has 0 saturated carbocycles. The molecule has 22 heavy (non-hydrogen) atoms. The summed E-state index contributed by atoms with van der Waals surface area (Å²) in [6, 6.07) is 3.57. The number of rotatable bonds is 2. The Morgan fingerprint density at radius 2 is 2.14 bits per heavy atom. The van der Waals surface area contributed by atoms with E-state index in [9.17, 15) is 4.39 Å². The van der Waals surface area contributed by atoms with Gasteiger partial charge in [0.15, 0.2) is 0 Å². The summed E-state index contributed by atoms with van der Waals surface area (Å²) in [7, 11) is 0. The number of fused-ring (bicyclic) bond motifs is 1. The largest absolute Gasteiger partial charge is 0.370 e. The van der Waals surface area contributed by atoms with Gasteiger partial charge in [-0.05, 0) is 37.3 Å². The molecule has 3 N–H and O–H groups in total. The van der Waals surface area contributed by atoms with E-state index in [0.29, 0.717) is 27.0 Å². The molecule has 0 saturated heterocycles. The van der Waals surface area contributed by atoms with Crippen molar-refractivity contribution in [2.75, 3.05) is 0 Å². The molecular formula is C16H14Cl2FN3. The molecule has 0 bridgehead atoms. The van der Waals surface area contributed by atoms with E-state index < -0.39 is 0 Å². The van der Waals surface area contributed by atoms with Crippen molar-refractivity contribution in [3.63, 3.8) is 0 Å². The van der Waals surface area contributed by atoms with E-state index in [1.807, 2.05) is 19.1 Å². The van der Waals surface area contributed by atoms with Crippen LogP contribution in [0.25, 0.3) is 5.70 Å². The molecule has 0 amide bonds. The Morgan fingerprint density at radius 1 is 1.36 bits per heavy atom. The maximum Gasteiger partial charge on any atom is 0.123 e. The predicted molar refractivity (Wildman–Crippen MR) is 89.4 cm³/mol. The van der Waals surface area contributed by atoms with Crippen LogP contribution in [-0.4, -0.2) is 17.8 Å². The first-order valence-corrected chi connectivity index (χ1v) is 7.57. The SMILES string of the molecule is CC(N)C1=C(c2cc(F)ccc2Cl)NC2C(Cl)=CC=CC2=N1. The smallest absolute Gasteiger partial charge is 0.123 e. The highest BCUT2D eigenvalue weighted by Crippen LogP contribution is 2.32. The second-order valence-electron chi connectivity index (χ2n) is 5.20. The van der Waals surface area contributed by atoms with Crippen LogP contribution in [0.2, 0.25) is 5.02 Å². The number of hydrogen-bond donors (Lipinski definition) is 2. The molecule has 0 spiro atoms. The molecule has 1 aliphatic carbocycles. The first-order valence-electron chi connectivity index (χ1n) is 6.81. The van der Waals surface area contributed by atoms with Gasteiger partial charge in [-0.1, -0.05) is 29.3 Å². The Hall–Kier alpha value is -1.62. The second kappa shape index (κ2) is 5.88. The summed E-state index contributed by atoms with van der Waals surface area (Å²) in [4.78, 5) is 4.60. The van der Waals surface area contributed by atoms with Gasteiger partial charge in [0.25, 0.3) is 0 Å². The van der Waals surface area contributed by atoms with E-state index in [1.165, 1.54) is 18.2 Å². The Balaban J connectivity index is 2.17. The fourth-order valence-electron chi connectivity index (χ4n) is 2.46. The lowest BCUT2D eigenvalue weighted by Gasteiger charge is -2.31. The average molecular weight is 338 g/mol. The minimum atomic E-state index is -0.377. The third-order valence-corrected chi connectivity index (χ3v) is 4.19. The fraction of sp³-hybridized carbons (Fsp3) is 0.188. The van der Waals surface area contributed by atoms with E-state index in [-0.39, 0.29) is 17.9 Å². The fourth-order valence-corrected chi connectivity index (χ4v) is 2.92. The molecule has 1 heterocycles. The number of benzene rings is 1. The van der Waals surface area contributed by atoms with Crippen molar-refractivity contribution in [3.05, 3.63) is 63.6 Å². The molecule has 3 rings (SSSR count). The Labute approximate surface area is 138 Å². The average Bonchev–Trinajstić information content (AvgIpc) is 2.49. The van der Waals surface area contributed by atoms with Crippen molar-refractivity contribution in [1.82, 2.24) is 5.32 Å². The number of nitrogens with one attached hydrogen (secondary N) is 1. The molecule has 0 aromatic heterocycles. The lowest BCUT2D eigenvalue weighted by molar-refractivity contribution is 0.627. The van der Waals surface area contributed by atoms with Gasteiger partial charge in [0, 0.05) is 16.6 Å². The molecule has 2 unspecified atom stereocenters. The van der Waals surface area contributed by atoms with Gasteiger partial charge in [-0.15, -0.1) is 0 Å². The van der Waals surface area contributed by atoms with Crippen LogP contribution in [0.5, 0.6) is 0 Å². The second-order valence-corrected chi connectivity index (χ2v) is 6.04. The monoisotopic (exact) mass is 337 g/mol. The lowest BCUT2D eigenvalue weighted by Crippen LogP contribution is -2.41. The van der Waals surface area contributed by atoms with Crippen molar-refractivity contribution in [3.8, 4) is 0 Å². The van der Waals surface area contributed by atoms with Crippen LogP contribution >= 0.6 is 23.2 Å². The molecule has 6 heteroatoms. The van der Waals surface area contributed by atoms with Crippen LogP contribution in [0.3, 0.4) is 0 Å². The highest BCUT2D eigenvalue weighted by molar-refractivity contribution is 6.34. The van der Waals surface area contributed by atoms with E-state index in [0.717, 1.165) is 5.71 Å². The van der Waals surface area contributed by atoms with Gasteiger partial charge >= 0.3 is 0 Å². The number of aliphatic imine (C=N–C) groups is 1. The first kappa shape index (κ1) is 15.3. The number of nitrogens with zero attached hydrogens (tertiary/aromatic N) is 1.